The van der Waals surface area contributed by atoms with Gasteiger partial charge in [-0.15, -0.1) is 0 Å². The van der Waals surface area contributed by atoms with Crippen molar-refractivity contribution in [3.63, 3.8) is 0 Å². The Bertz CT molecular complexity index is 979. The van der Waals surface area contributed by atoms with Gasteiger partial charge in [0.25, 0.3) is 16.1 Å². The van der Waals surface area contributed by atoms with Gasteiger partial charge in [-0.2, -0.15) is 17.0 Å². The number of halogens is 1. The molecule has 3 rings (SSSR count). The highest BCUT2D eigenvalue weighted by Crippen LogP contribution is 2.27. The molecule has 0 unspecified atom stereocenters. The van der Waals surface area contributed by atoms with E-state index in [1.807, 2.05) is 0 Å². The minimum absolute atomic E-state index is 0.0956. The normalized spacial score (nSPS) is 17.8. The van der Waals surface area contributed by atoms with Crippen molar-refractivity contribution in [3.8, 4) is 0 Å². The van der Waals surface area contributed by atoms with Gasteiger partial charge < -0.3 is 5.32 Å². The molecule has 0 saturated carbocycles. The van der Waals surface area contributed by atoms with Gasteiger partial charge in [-0.05, 0) is 37.6 Å². The quantitative estimate of drug-likeness (QED) is 0.795. The van der Waals surface area contributed by atoms with Crippen molar-refractivity contribution in [2.75, 3.05) is 32.5 Å². The monoisotopic (exact) mass is 423 g/mol. The van der Waals surface area contributed by atoms with Gasteiger partial charge in [-0.3, -0.25) is 4.79 Å². The Labute approximate surface area is 169 Å². The molecule has 1 amide bonds. The number of nitrogens with zero attached hydrogens (tertiary/aromatic N) is 4. The molecule has 1 aliphatic heterocycles. The van der Waals surface area contributed by atoms with E-state index in [2.05, 4.69) is 15.3 Å². The SMILES string of the molecule is Cc1nc([C@H]2CCN(S(=O)(=O)N(C)C)C2)ncc1C(=O)Nc1ccc(Cl)cc1. The van der Waals surface area contributed by atoms with Crippen LogP contribution in [-0.4, -0.2) is 60.1 Å². The van der Waals surface area contributed by atoms with Crippen LogP contribution in [0, 0.1) is 6.92 Å². The fourth-order valence-corrected chi connectivity index (χ4v) is 4.31. The largest absolute Gasteiger partial charge is 0.322 e. The Morgan fingerprint density at radius 3 is 2.57 bits per heavy atom. The van der Waals surface area contributed by atoms with Gasteiger partial charge in [0.1, 0.15) is 5.82 Å². The number of hydrogen-bond donors (Lipinski definition) is 1. The highest BCUT2D eigenvalue weighted by atomic mass is 35.5. The second kappa shape index (κ2) is 8.12. The Hall–Kier alpha value is -2.07. The molecule has 8 nitrogen and oxygen atoms in total. The number of hydrogen-bond acceptors (Lipinski definition) is 5. The van der Waals surface area contributed by atoms with Crippen LogP contribution in [-0.2, 0) is 10.2 Å². The predicted octanol–water partition coefficient (Wildman–Crippen LogP) is 2.29. The summed E-state index contributed by atoms with van der Waals surface area (Å²) in [4.78, 5) is 21.3. The molecule has 2 heterocycles. The lowest BCUT2D eigenvalue weighted by molar-refractivity contribution is 0.102. The first-order chi connectivity index (χ1) is 13.2. The van der Waals surface area contributed by atoms with Gasteiger partial charge in [0.2, 0.25) is 0 Å². The van der Waals surface area contributed by atoms with Crippen LogP contribution >= 0.6 is 11.6 Å². The Morgan fingerprint density at radius 1 is 1.29 bits per heavy atom. The van der Waals surface area contributed by atoms with E-state index in [-0.39, 0.29) is 11.8 Å². The molecule has 1 aromatic heterocycles. The lowest BCUT2D eigenvalue weighted by atomic mass is 10.1. The second-order valence-electron chi connectivity index (χ2n) is 6.82. The molecule has 1 saturated heterocycles. The second-order valence-corrected chi connectivity index (χ2v) is 9.40. The van der Waals surface area contributed by atoms with Crippen LogP contribution in [0.4, 0.5) is 5.69 Å². The number of benzene rings is 1. The van der Waals surface area contributed by atoms with Crippen molar-refractivity contribution < 1.29 is 13.2 Å². The van der Waals surface area contributed by atoms with E-state index in [9.17, 15) is 13.2 Å². The summed E-state index contributed by atoms with van der Waals surface area (Å²) < 4.78 is 27.2. The lowest BCUT2D eigenvalue weighted by Gasteiger charge is -2.20. The number of carbonyl (C=O) groups is 1. The minimum Gasteiger partial charge on any atom is -0.322 e. The van der Waals surface area contributed by atoms with Gasteiger partial charge >= 0.3 is 0 Å². The topological polar surface area (TPSA) is 95.5 Å². The van der Waals surface area contributed by atoms with E-state index >= 15 is 0 Å². The molecule has 28 heavy (non-hydrogen) atoms. The average Bonchev–Trinajstić information content (AvgIpc) is 3.14. The number of carbonyl (C=O) groups excluding carboxylic acids is 1. The van der Waals surface area contributed by atoms with Crippen LogP contribution < -0.4 is 5.32 Å². The van der Waals surface area contributed by atoms with Gasteiger partial charge in [-0.25, -0.2) is 9.97 Å². The summed E-state index contributed by atoms with van der Waals surface area (Å²) in [5.74, 6) is 0.147. The lowest BCUT2D eigenvalue weighted by Crippen LogP contribution is -2.38. The number of amides is 1. The van der Waals surface area contributed by atoms with E-state index in [0.717, 1.165) is 0 Å². The van der Waals surface area contributed by atoms with E-state index in [1.165, 1.54) is 28.9 Å². The van der Waals surface area contributed by atoms with Crippen LogP contribution in [0.1, 0.15) is 34.2 Å². The van der Waals surface area contributed by atoms with E-state index < -0.39 is 10.2 Å². The predicted molar refractivity (Wildman–Crippen MR) is 108 cm³/mol. The van der Waals surface area contributed by atoms with E-state index in [4.69, 9.17) is 11.6 Å². The maximum atomic E-state index is 12.5. The summed E-state index contributed by atoms with van der Waals surface area (Å²) >= 11 is 5.85. The smallest absolute Gasteiger partial charge is 0.281 e. The molecular weight excluding hydrogens is 402 g/mol. The number of rotatable bonds is 5. The summed E-state index contributed by atoms with van der Waals surface area (Å²) in [6, 6.07) is 6.81. The molecule has 2 aromatic rings. The molecule has 1 atom stereocenters. The Balaban J connectivity index is 1.72. The molecule has 1 N–H and O–H groups in total. The zero-order valence-electron chi connectivity index (χ0n) is 15.9. The highest BCUT2D eigenvalue weighted by molar-refractivity contribution is 7.86. The fourth-order valence-electron chi connectivity index (χ4n) is 3.02. The third-order valence-electron chi connectivity index (χ3n) is 4.65. The molecule has 10 heteroatoms. The number of aromatic nitrogens is 2. The van der Waals surface area contributed by atoms with E-state index in [1.54, 1.807) is 31.2 Å². The number of aryl methyl sites for hydroxylation is 1. The van der Waals surface area contributed by atoms with Crippen LogP contribution in [0.25, 0.3) is 0 Å². The zero-order valence-corrected chi connectivity index (χ0v) is 17.5. The van der Waals surface area contributed by atoms with E-state index in [0.29, 0.717) is 47.3 Å². The van der Waals surface area contributed by atoms with Crippen molar-refractivity contribution >= 4 is 33.4 Å². The Kier molecular flexibility index (Phi) is 5.99. The number of anilines is 1. The standard InChI is InChI=1S/C18H22ClN5O3S/c1-12-16(18(25)22-15-6-4-14(19)5-7-15)10-20-17(21-12)13-8-9-24(11-13)28(26,27)23(2)3/h4-7,10,13H,8-9,11H2,1-3H3,(H,22,25)/t13-/m0/s1. The summed E-state index contributed by atoms with van der Waals surface area (Å²) in [5.41, 5.74) is 1.54. The minimum atomic E-state index is -3.45. The molecule has 150 valence electrons. The van der Waals surface area contributed by atoms with Crippen LogP contribution in [0.15, 0.2) is 30.5 Å². The first-order valence-corrected chi connectivity index (χ1v) is 10.5. The molecule has 0 radical (unpaired) electrons. The third-order valence-corrected chi connectivity index (χ3v) is 6.81. The third kappa shape index (κ3) is 4.33. The molecular formula is C18H22ClN5O3S. The molecule has 0 aliphatic carbocycles. The van der Waals surface area contributed by atoms with Crippen molar-refractivity contribution in [1.29, 1.82) is 0 Å². The molecule has 1 aromatic carbocycles. The molecule has 1 fully saturated rings. The van der Waals surface area contributed by atoms with Crippen LogP contribution in [0.2, 0.25) is 5.02 Å². The Morgan fingerprint density at radius 2 is 1.96 bits per heavy atom. The maximum absolute atomic E-state index is 12.5. The van der Waals surface area contributed by atoms with Gasteiger partial charge in [0, 0.05) is 50.0 Å². The average molecular weight is 424 g/mol. The summed E-state index contributed by atoms with van der Waals surface area (Å²) in [6.45, 7) is 2.49. The summed E-state index contributed by atoms with van der Waals surface area (Å²) in [5, 5.41) is 3.37. The molecule has 1 aliphatic rings. The first-order valence-electron chi connectivity index (χ1n) is 8.76. The first kappa shape index (κ1) is 20.7. The van der Waals surface area contributed by atoms with Crippen LogP contribution in [0.5, 0.6) is 0 Å². The van der Waals surface area contributed by atoms with Crippen molar-refractivity contribution in [2.45, 2.75) is 19.3 Å². The fraction of sp³-hybridized carbons (Fsp3) is 0.389. The summed E-state index contributed by atoms with van der Waals surface area (Å²) in [6.07, 6.45) is 2.13. The number of nitrogens with one attached hydrogen (secondary N) is 1. The van der Waals surface area contributed by atoms with Crippen molar-refractivity contribution in [2.24, 2.45) is 0 Å². The van der Waals surface area contributed by atoms with Gasteiger partial charge in [0.05, 0.1) is 11.3 Å². The van der Waals surface area contributed by atoms with Crippen LogP contribution in [0.3, 0.4) is 0 Å². The molecule has 0 spiro atoms. The van der Waals surface area contributed by atoms with Crippen molar-refractivity contribution in [3.05, 3.63) is 52.6 Å². The van der Waals surface area contributed by atoms with Gasteiger partial charge in [-0.1, -0.05) is 11.6 Å². The van der Waals surface area contributed by atoms with Crippen molar-refractivity contribution in [1.82, 2.24) is 18.6 Å². The highest BCUT2D eigenvalue weighted by Gasteiger charge is 2.34. The van der Waals surface area contributed by atoms with Gasteiger partial charge in [0.15, 0.2) is 0 Å². The zero-order chi connectivity index (χ0) is 20.5. The maximum Gasteiger partial charge on any atom is 0.281 e. The molecule has 0 bridgehead atoms. The summed E-state index contributed by atoms with van der Waals surface area (Å²) in [7, 11) is -0.427.